The summed E-state index contributed by atoms with van der Waals surface area (Å²) in [6.07, 6.45) is 1.89. The Kier molecular flexibility index (Phi) is 6.40. The van der Waals surface area contributed by atoms with Gasteiger partial charge in [0.25, 0.3) is 0 Å². The summed E-state index contributed by atoms with van der Waals surface area (Å²) in [5, 5.41) is 1.34. The Morgan fingerprint density at radius 3 is 2.37 bits per heavy atom. The summed E-state index contributed by atoms with van der Waals surface area (Å²) in [4.78, 5) is 12.8. The van der Waals surface area contributed by atoms with Crippen molar-refractivity contribution in [3.63, 3.8) is 0 Å². The highest BCUT2D eigenvalue weighted by Crippen LogP contribution is 2.32. The molecule has 142 valence electrons. The Labute approximate surface area is 166 Å². The summed E-state index contributed by atoms with van der Waals surface area (Å²) in [5.74, 6) is 2.28. The van der Waals surface area contributed by atoms with Crippen molar-refractivity contribution in [3.05, 3.63) is 52.7 Å². The summed E-state index contributed by atoms with van der Waals surface area (Å²) in [6, 6.07) is 12.3. The van der Waals surface area contributed by atoms with Crippen molar-refractivity contribution in [2.45, 2.75) is 12.8 Å². The second-order valence-corrected chi connectivity index (χ2v) is 6.74. The van der Waals surface area contributed by atoms with Crippen LogP contribution >= 0.6 is 15.9 Å². The van der Waals surface area contributed by atoms with Crippen LogP contribution in [0, 0.1) is 0 Å². The first-order valence-electron chi connectivity index (χ1n) is 8.65. The van der Waals surface area contributed by atoms with Gasteiger partial charge in [-0.2, -0.15) is 0 Å². The zero-order valence-electron chi connectivity index (χ0n) is 15.3. The van der Waals surface area contributed by atoms with E-state index in [1.54, 1.807) is 26.4 Å². The second-order valence-electron chi connectivity index (χ2n) is 5.95. The van der Waals surface area contributed by atoms with Crippen LogP contribution in [0.3, 0.4) is 0 Å². The SMILES string of the molecule is COc1ccc(-c2cc(=O)c3c(OCCCCBr)cc(OC)cc3o2)cc1. The molecule has 0 radical (unpaired) electrons. The van der Waals surface area contributed by atoms with Gasteiger partial charge in [-0.15, -0.1) is 0 Å². The topological polar surface area (TPSA) is 57.9 Å². The Morgan fingerprint density at radius 1 is 0.963 bits per heavy atom. The maximum Gasteiger partial charge on any atom is 0.197 e. The molecule has 1 aromatic heterocycles. The van der Waals surface area contributed by atoms with E-state index in [1.807, 2.05) is 24.3 Å². The minimum atomic E-state index is -0.153. The molecule has 5 nitrogen and oxygen atoms in total. The summed E-state index contributed by atoms with van der Waals surface area (Å²) in [7, 11) is 3.18. The molecule has 0 fully saturated rings. The van der Waals surface area contributed by atoms with Crippen LogP contribution in [0.2, 0.25) is 0 Å². The molecule has 0 atom stereocenters. The van der Waals surface area contributed by atoms with Crippen LogP contribution in [0.4, 0.5) is 0 Å². The van der Waals surface area contributed by atoms with Crippen molar-refractivity contribution in [2.75, 3.05) is 26.2 Å². The molecule has 27 heavy (non-hydrogen) atoms. The largest absolute Gasteiger partial charge is 0.497 e. The molecule has 0 aliphatic rings. The Bertz CT molecular complexity index is 963. The molecule has 0 N–H and O–H groups in total. The quantitative estimate of drug-likeness (QED) is 0.368. The third kappa shape index (κ3) is 4.45. The molecule has 0 unspecified atom stereocenters. The van der Waals surface area contributed by atoms with Gasteiger partial charge in [0.05, 0.1) is 20.8 Å². The third-order valence-electron chi connectivity index (χ3n) is 4.16. The number of fused-ring (bicyclic) bond motifs is 1. The van der Waals surface area contributed by atoms with Gasteiger partial charge in [-0.05, 0) is 37.1 Å². The van der Waals surface area contributed by atoms with E-state index in [0.717, 1.165) is 29.5 Å². The van der Waals surface area contributed by atoms with E-state index in [0.29, 0.717) is 34.8 Å². The van der Waals surface area contributed by atoms with Crippen LogP contribution in [0.1, 0.15) is 12.8 Å². The summed E-state index contributed by atoms with van der Waals surface area (Å²) in [5.41, 5.74) is 1.07. The number of methoxy groups -OCH3 is 2. The molecule has 0 spiro atoms. The fourth-order valence-electron chi connectivity index (χ4n) is 2.74. The van der Waals surface area contributed by atoms with E-state index < -0.39 is 0 Å². The lowest BCUT2D eigenvalue weighted by Gasteiger charge is -2.11. The van der Waals surface area contributed by atoms with E-state index in [9.17, 15) is 4.79 Å². The van der Waals surface area contributed by atoms with Crippen molar-refractivity contribution in [1.82, 2.24) is 0 Å². The highest BCUT2D eigenvalue weighted by Gasteiger charge is 2.14. The lowest BCUT2D eigenvalue weighted by Crippen LogP contribution is -2.06. The van der Waals surface area contributed by atoms with Gasteiger partial charge in [-0.3, -0.25) is 4.79 Å². The Hall–Kier alpha value is -2.47. The van der Waals surface area contributed by atoms with E-state index >= 15 is 0 Å². The molecule has 3 aromatic rings. The number of alkyl halides is 1. The number of hydrogen-bond acceptors (Lipinski definition) is 5. The minimum absolute atomic E-state index is 0.153. The summed E-state index contributed by atoms with van der Waals surface area (Å²) in [6.45, 7) is 0.521. The monoisotopic (exact) mass is 432 g/mol. The smallest absolute Gasteiger partial charge is 0.197 e. The van der Waals surface area contributed by atoms with Crippen LogP contribution in [-0.4, -0.2) is 26.2 Å². The van der Waals surface area contributed by atoms with Gasteiger partial charge in [0.15, 0.2) is 5.43 Å². The van der Waals surface area contributed by atoms with Crippen molar-refractivity contribution < 1.29 is 18.6 Å². The zero-order valence-corrected chi connectivity index (χ0v) is 16.9. The molecular weight excluding hydrogens is 412 g/mol. The van der Waals surface area contributed by atoms with Crippen LogP contribution in [0.15, 0.2) is 51.7 Å². The molecule has 6 heteroatoms. The standard InChI is InChI=1S/C21H21BrO5/c1-24-15-7-5-14(6-8-15)18-13-17(23)21-19(26-10-4-3-9-22)11-16(25-2)12-20(21)27-18/h5-8,11-13H,3-4,9-10H2,1-2H3. The first kappa shape index (κ1) is 19.3. The van der Waals surface area contributed by atoms with E-state index in [2.05, 4.69) is 15.9 Å². The van der Waals surface area contributed by atoms with E-state index in [1.165, 1.54) is 6.07 Å². The molecule has 1 heterocycles. The fourth-order valence-corrected chi connectivity index (χ4v) is 3.13. The number of hydrogen-bond donors (Lipinski definition) is 0. The lowest BCUT2D eigenvalue weighted by molar-refractivity contribution is 0.310. The van der Waals surface area contributed by atoms with E-state index in [4.69, 9.17) is 18.6 Å². The van der Waals surface area contributed by atoms with E-state index in [-0.39, 0.29) is 5.43 Å². The van der Waals surface area contributed by atoms with Crippen LogP contribution in [0.25, 0.3) is 22.3 Å². The van der Waals surface area contributed by atoms with Crippen LogP contribution in [0.5, 0.6) is 17.2 Å². The Balaban J connectivity index is 2.04. The number of rotatable bonds is 8. The minimum Gasteiger partial charge on any atom is -0.497 e. The van der Waals surface area contributed by atoms with Gasteiger partial charge in [-0.1, -0.05) is 15.9 Å². The molecule has 0 amide bonds. The molecular formula is C21H21BrO5. The average Bonchev–Trinajstić information content (AvgIpc) is 2.70. The molecule has 3 rings (SSSR count). The number of halogens is 1. The molecule has 0 aliphatic heterocycles. The van der Waals surface area contributed by atoms with Crippen molar-refractivity contribution in [2.24, 2.45) is 0 Å². The van der Waals surface area contributed by atoms with Gasteiger partial charge < -0.3 is 18.6 Å². The van der Waals surface area contributed by atoms with Gasteiger partial charge in [0.2, 0.25) is 0 Å². The highest BCUT2D eigenvalue weighted by molar-refractivity contribution is 9.09. The molecule has 2 aromatic carbocycles. The molecule has 0 bridgehead atoms. The lowest BCUT2D eigenvalue weighted by atomic mass is 10.1. The predicted octanol–water partition coefficient (Wildman–Crippen LogP) is 5.03. The number of ether oxygens (including phenoxy) is 3. The average molecular weight is 433 g/mol. The summed E-state index contributed by atoms with van der Waals surface area (Å²) >= 11 is 3.40. The van der Waals surface area contributed by atoms with Crippen LogP contribution in [-0.2, 0) is 0 Å². The van der Waals surface area contributed by atoms with Crippen molar-refractivity contribution in [1.29, 1.82) is 0 Å². The first-order valence-corrected chi connectivity index (χ1v) is 9.77. The molecule has 0 saturated carbocycles. The Morgan fingerprint density at radius 2 is 1.70 bits per heavy atom. The van der Waals surface area contributed by atoms with Crippen molar-refractivity contribution in [3.8, 4) is 28.6 Å². The normalized spacial score (nSPS) is 10.8. The summed E-state index contributed by atoms with van der Waals surface area (Å²) < 4.78 is 22.4. The van der Waals surface area contributed by atoms with Crippen LogP contribution < -0.4 is 19.6 Å². The second kappa shape index (κ2) is 8.95. The molecule has 0 aliphatic carbocycles. The third-order valence-corrected chi connectivity index (χ3v) is 4.72. The van der Waals surface area contributed by atoms with Crippen molar-refractivity contribution >= 4 is 26.9 Å². The fraction of sp³-hybridized carbons (Fsp3) is 0.286. The molecule has 0 saturated heterocycles. The van der Waals surface area contributed by atoms with Gasteiger partial charge in [-0.25, -0.2) is 0 Å². The number of benzene rings is 2. The zero-order chi connectivity index (χ0) is 19.2. The van der Waals surface area contributed by atoms with Gasteiger partial charge in [0, 0.05) is 29.1 Å². The van der Waals surface area contributed by atoms with Gasteiger partial charge >= 0.3 is 0 Å². The highest BCUT2D eigenvalue weighted by atomic mass is 79.9. The maximum absolute atomic E-state index is 12.8. The maximum atomic E-state index is 12.8. The predicted molar refractivity (Wildman–Crippen MR) is 110 cm³/mol. The number of unbranched alkanes of at least 4 members (excludes halogenated alkanes) is 1. The first-order chi connectivity index (χ1) is 13.2. The van der Waals surface area contributed by atoms with Gasteiger partial charge in [0.1, 0.15) is 34.0 Å².